The van der Waals surface area contributed by atoms with Crippen LogP contribution in [0.3, 0.4) is 0 Å². The van der Waals surface area contributed by atoms with E-state index in [4.69, 9.17) is 4.74 Å². The lowest BCUT2D eigenvalue weighted by Gasteiger charge is -2.11. The van der Waals surface area contributed by atoms with Crippen molar-refractivity contribution in [1.82, 2.24) is 14.8 Å². The van der Waals surface area contributed by atoms with Crippen molar-refractivity contribution in [2.75, 3.05) is 11.1 Å². The van der Waals surface area contributed by atoms with Crippen LogP contribution in [-0.4, -0.2) is 26.4 Å². The van der Waals surface area contributed by atoms with Crippen LogP contribution in [0.4, 0.5) is 5.69 Å². The predicted molar refractivity (Wildman–Crippen MR) is 135 cm³/mol. The van der Waals surface area contributed by atoms with Gasteiger partial charge in [-0.3, -0.25) is 9.36 Å². The molecule has 5 aromatic rings. The van der Waals surface area contributed by atoms with Gasteiger partial charge in [0.15, 0.2) is 11.0 Å². The minimum atomic E-state index is -0.106. The van der Waals surface area contributed by atoms with E-state index in [9.17, 15) is 4.79 Å². The second kappa shape index (κ2) is 10.2. The van der Waals surface area contributed by atoms with Crippen LogP contribution in [-0.2, 0) is 11.4 Å². The van der Waals surface area contributed by atoms with E-state index in [0.29, 0.717) is 11.0 Å². The Morgan fingerprint density at radius 3 is 2.35 bits per heavy atom. The highest BCUT2D eigenvalue weighted by Gasteiger charge is 2.17. The quantitative estimate of drug-likeness (QED) is 0.296. The molecule has 7 heteroatoms. The van der Waals surface area contributed by atoms with E-state index in [-0.39, 0.29) is 18.3 Å². The van der Waals surface area contributed by atoms with Crippen molar-refractivity contribution in [1.29, 1.82) is 0 Å². The van der Waals surface area contributed by atoms with Crippen molar-refractivity contribution in [2.24, 2.45) is 0 Å². The first kappa shape index (κ1) is 21.7. The molecule has 0 aliphatic rings. The number of hydrogen-bond donors (Lipinski definition) is 1. The zero-order chi connectivity index (χ0) is 23.2. The number of carbonyl (C=O) groups is 1. The highest BCUT2D eigenvalue weighted by molar-refractivity contribution is 7.99. The van der Waals surface area contributed by atoms with Gasteiger partial charge >= 0.3 is 0 Å². The number of thioether (sulfide) groups is 1. The van der Waals surface area contributed by atoms with Gasteiger partial charge in [0.2, 0.25) is 5.91 Å². The zero-order valence-corrected chi connectivity index (χ0v) is 19.1. The van der Waals surface area contributed by atoms with Crippen LogP contribution < -0.4 is 10.1 Å². The Balaban J connectivity index is 1.33. The molecule has 0 atom stereocenters. The minimum Gasteiger partial charge on any atom is -0.486 e. The van der Waals surface area contributed by atoms with E-state index in [1.807, 2.05) is 108 Å². The number of anilines is 1. The van der Waals surface area contributed by atoms with Crippen molar-refractivity contribution in [3.8, 4) is 11.4 Å². The molecular weight excluding hydrogens is 444 g/mol. The monoisotopic (exact) mass is 466 g/mol. The van der Waals surface area contributed by atoms with E-state index < -0.39 is 0 Å². The summed E-state index contributed by atoms with van der Waals surface area (Å²) >= 11 is 1.34. The zero-order valence-electron chi connectivity index (χ0n) is 18.3. The summed E-state index contributed by atoms with van der Waals surface area (Å²) in [5, 5.41) is 14.4. The van der Waals surface area contributed by atoms with Gasteiger partial charge in [0.1, 0.15) is 12.4 Å². The number of amides is 1. The van der Waals surface area contributed by atoms with Crippen LogP contribution in [0, 0.1) is 0 Å². The summed E-state index contributed by atoms with van der Waals surface area (Å²) in [5.41, 5.74) is 1.71. The summed E-state index contributed by atoms with van der Waals surface area (Å²) < 4.78 is 7.83. The third-order valence-electron chi connectivity index (χ3n) is 5.22. The van der Waals surface area contributed by atoms with Crippen LogP contribution in [0.25, 0.3) is 16.5 Å². The van der Waals surface area contributed by atoms with Gasteiger partial charge in [-0.25, -0.2) is 0 Å². The van der Waals surface area contributed by atoms with E-state index in [2.05, 4.69) is 15.5 Å². The molecule has 0 saturated heterocycles. The highest BCUT2D eigenvalue weighted by Crippen LogP contribution is 2.25. The van der Waals surface area contributed by atoms with Gasteiger partial charge in [0.05, 0.1) is 5.75 Å². The van der Waals surface area contributed by atoms with Crippen LogP contribution in [0.5, 0.6) is 5.75 Å². The predicted octanol–water partition coefficient (Wildman–Crippen LogP) is 5.73. The Labute approximate surface area is 201 Å². The van der Waals surface area contributed by atoms with Gasteiger partial charge in [-0.15, -0.1) is 10.2 Å². The fourth-order valence-corrected chi connectivity index (χ4v) is 4.41. The lowest BCUT2D eigenvalue weighted by molar-refractivity contribution is -0.113. The molecule has 1 N–H and O–H groups in total. The summed E-state index contributed by atoms with van der Waals surface area (Å²) in [6.45, 7) is 0.259. The molecule has 1 amide bonds. The number of para-hydroxylation sites is 2. The maximum absolute atomic E-state index is 12.8. The Morgan fingerprint density at radius 2 is 1.53 bits per heavy atom. The van der Waals surface area contributed by atoms with Gasteiger partial charge < -0.3 is 10.1 Å². The van der Waals surface area contributed by atoms with Crippen LogP contribution in [0.15, 0.2) is 108 Å². The molecule has 0 aliphatic carbocycles. The molecule has 0 fully saturated rings. The summed E-state index contributed by atoms with van der Waals surface area (Å²) in [5.74, 6) is 1.51. The largest absolute Gasteiger partial charge is 0.486 e. The third kappa shape index (κ3) is 4.94. The Hall–Kier alpha value is -4.10. The average Bonchev–Trinajstić information content (AvgIpc) is 3.30. The first-order chi connectivity index (χ1) is 16.8. The van der Waals surface area contributed by atoms with E-state index >= 15 is 0 Å². The van der Waals surface area contributed by atoms with Crippen molar-refractivity contribution in [2.45, 2.75) is 11.8 Å². The van der Waals surface area contributed by atoms with Crippen LogP contribution in [0.1, 0.15) is 5.82 Å². The third-order valence-corrected chi connectivity index (χ3v) is 6.15. The average molecular weight is 467 g/mol. The smallest absolute Gasteiger partial charge is 0.234 e. The number of benzene rings is 4. The molecule has 0 bridgehead atoms. The normalized spacial score (nSPS) is 10.8. The second-order valence-electron chi connectivity index (χ2n) is 7.54. The Kier molecular flexibility index (Phi) is 6.54. The number of fused-ring (bicyclic) bond motifs is 1. The fourth-order valence-electron chi connectivity index (χ4n) is 3.64. The number of aromatic nitrogens is 3. The van der Waals surface area contributed by atoms with Gasteiger partial charge in [0.25, 0.3) is 0 Å². The molecule has 6 nitrogen and oxygen atoms in total. The van der Waals surface area contributed by atoms with Crippen molar-refractivity contribution in [3.63, 3.8) is 0 Å². The van der Waals surface area contributed by atoms with Gasteiger partial charge in [0, 0.05) is 16.8 Å². The maximum atomic E-state index is 12.8. The van der Waals surface area contributed by atoms with E-state index in [0.717, 1.165) is 27.9 Å². The molecule has 1 heterocycles. The first-order valence-corrected chi connectivity index (χ1v) is 11.8. The van der Waals surface area contributed by atoms with E-state index in [1.165, 1.54) is 11.8 Å². The lowest BCUT2D eigenvalue weighted by atomic mass is 10.1. The summed E-state index contributed by atoms with van der Waals surface area (Å²) in [6.07, 6.45) is 0. The molecule has 1 aromatic heterocycles. The molecule has 168 valence electrons. The van der Waals surface area contributed by atoms with E-state index in [1.54, 1.807) is 0 Å². The Morgan fingerprint density at radius 1 is 0.824 bits per heavy atom. The van der Waals surface area contributed by atoms with Crippen molar-refractivity contribution >= 4 is 34.1 Å². The molecule has 4 aromatic carbocycles. The molecule has 0 saturated carbocycles. The molecule has 34 heavy (non-hydrogen) atoms. The molecule has 0 radical (unpaired) electrons. The molecule has 0 spiro atoms. The standard InChI is InChI=1S/C27H22N4O2S/c32-26(28-24-17-9-11-20-10-7-8-16-23(20)24)19-34-27-30-29-25(18-33-22-14-5-2-6-15-22)31(27)21-12-3-1-4-13-21/h1-17H,18-19H2,(H,28,32). The number of nitrogens with zero attached hydrogens (tertiary/aromatic N) is 3. The second-order valence-corrected chi connectivity index (χ2v) is 8.48. The summed E-state index contributed by atoms with van der Waals surface area (Å²) in [7, 11) is 0. The maximum Gasteiger partial charge on any atom is 0.234 e. The highest BCUT2D eigenvalue weighted by atomic mass is 32.2. The topological polar surface area (TPSA) is 69.0 Å². The number of rotatable bonds is 8. The number of hydrogen-bond acceptors (Lipinski definition) is 5. The molecular formula is C27H22N4O2S. The van der Waals surface area contributed by atoms with Gasteiger partial charge in [-0.1, -0.05) is 84.6 Å². The van der Waals surface area contributed by atoms with Gasteiger partial charge in [-0.2, -0.15) is 0 Å². The van der Waals surface area contributed by atoms with Gasteiger partial charge in [-0.05, 0) is 35.7 Å². The Bertz CT molecular complexity index is 1400. The van der Waals surface area contributed by atoms with Crippen LogP contribution in [0.2, 0.25) is 0 Å². The fraction of sp³-hybridized carbons (Fsp3) is 0.0741. The number of ether oxygens (including phenoxy) is 1. The van der Waals surface area contributed by atoms with Crippen LogP contribution >= 0.6 is 11.8 Å². The number of nitrogens with one attached hydrogen (secondary N) is 1. The first-order valence-electron chi connectivity index (χ1n) is 10.9. The lowest BCUT2D eigenvalue weighted by Crippen LogP contribution is -2.15. The van der Waals surface area contributed by atoms with Crippen molar-refractivity contribution < 1.29 is 9.53 Å². The SMILES string of the molecule is O=C(CSc1nnc(COc2ccccc2)n1-c1ccccc1)Nc1cccc2ccccc12. The summed E-state index contributed by atoms with van der Waals surface area (Å²) in [4.78, 5) is 12.8. The summed E-state index contributed by atoms with van der Waals surface area (Å²) in [6, 6.07) is 33.3. The van der Waals surface area contributed by atoms with Crippen molar-refractivity contribution in [3.05, 3.63) is 109 Å². The minimum absolute atomic E-state index is 0.106. The molecule has 0 unspecified atom stereocenters. The number of carbonyl (C=O) groups excluding carboxylic acids is 1. The molecule has 0 aliphatic heterocycles. The molecule has 5 rings (SSSR count).